The van der Waals surface area contributed by atoms with Gasteiger partial charge in [-0.25, -0.2) is 0 Å². The molecule has 0 radical (unpaired) electrons. The highest BCUT2D eigenvalue weighted by Crippen LogP contribution is 2.12. The standard InChI is InChI=1S/C7H16O/c1-4-6(2)7(3)5-8/h6-8H,4-5H2,1-3H3/t6-,7-/m0/s1. The van der Waals surface area contributed by atoms with Gasteiger partial charge in [-0.15, -0.1) is 0 Å². The average Bonchev–Trinajstić information content (AvgIpc) is 1.84. The van der Waals surface area contributed by atoms with Gasteiger partial charge < -0.3 is 5.11 Å². The molecule has 50 valence electrons. The Balaban J connectivity index is 3.29. The van der Waals surface area contributed by atoms with Crippen LogP contribution < -0.4 is 0 Å². The number of rotatable bonds is 3. The van der Waals surface area contributed by atoms with Gasteiger partial charge in [0.15, 0.2) is 0 Å². The van der Waals surface area contributed by atoms with Gasteiger partial charge in [-0.1, -0.05) is 27.2 Å². The molecule has 1 N–H and O–H groups in total. The Morgan fingerprint density at radius 3 is 1.88 bits per heavy atom. The number of aliphatic hydroxyl groups excluding tert-OH is 1. The molecule has 0 aromatic rings. The molecule has 0 amide bonds. The van der Waals surface area contributed by atoms with Crippen LogP contribution in [0.15, 0.2) is 0 Å². The lowest BCUT2D eigenvalue weighted by atomic mass is 9.95. The molecule has 0 unspecified atom stereocenters. The summed E-state index contributed by atoms with van der Waals surface area (Å²) < 4.78 is 0. The first kappa shape index (κ1) is 7.96. The Kier molecular flexibility index (Phi) is 3.88. The minimum Gasteiger partial charge on any atom is -0.396 e. The van der Waals surface area contributed by atoms with E-state index in [0.717, 1.165) is 0 Å². The summed E-state index contributed by atoms with van der Waals surface area (Å²) in [7, 11) is 0. The monoisotopic (exact) mass is 116 g/mol. The van der Waals surface area contributed by atoms with Crippen LogP contribution in [0.1, 0.15) is 27.2 Å². The van der Waals surface area contributed by atoms with E-state index in [-0.39, 0.29) is 0 Å². The molecule has 8 heavy (non-hydrogen) atoms. The summed E-state index contributed by atoms with van der Waals surface area (Å²) in [5.41, 5.74) is 0. The van der Waals surface area contributed by atoms with Crippen molar-refractivity contribution in [1.29, 1.82) is 0 Å². The Morgan fingerprint density at radius 2 is 1.75 bits per heavy atom. The van der Waals surface area contributed by atoms with Gasteiger partial charge in [-0.2, -0.15) is 0 Å². The predicted molar refractivity (Wildman–Crippen MR) is 35.7 cm³/mol. The van der Waals surface area contributed by atoms with Crippen LogP contribution in [0.3, 0.4) is 0 Å². The molecule has 0 aromatic carbocycles. The molecule has 0 saturated carbocycles. The van der Waals surface area contributed by atoms with E-state index < -0.39 is 0 Å². The Bertz CT molecular complexity index is 44.3. The zero-order chi connectivity index (χ0) is 6.57. The molecule has 0 aliphatic rings. The fraction of sp³-hybridized carbons (Fsp3) is 1.00. The highest BCUT2D eigenvalue weighted by atomic mass is 16.3. The van der Waals surface area contributed by atoms with Crippen LogP contribution in [-0.4, -0.2) is 11.7 Å². The van der Waals surface area contributed by atoms with Crippen molar-refractivity contribution in [3.8, 4) is 0 Å². The molecule has 0 rings (SSSR count). The van der Waals surface area contributed by atoms with Crippen LogP contribution in [0.4, 0.5) is 0 Å². The lowest BCUT2D eigenvalue weighted by Crippen LogP contribution is -2.10. The highest BCUT2D eigenvalue weighted by Gasteiger charge is 2.06. The lowest BCUT2D eigenvalue weighted by Gasteiger charge is -2.13. The van der Waals surface area contributed by atoms with Gasteiger partial charge in [0.05, 0.1) is 0 Å². The topological polar surface area (TPSA) is 20.2 Å². The van der Waals surface area contributed by atoms with E-state index in [2.05, 4.69) is 20.8 Å². The smallest absolute Gasteiger partial charge is 0.0459 e. The molecule has 0 aliphatic heterocycles. The van der Waals surface area contributed by atoms with E-state index in [1.165, 1.54) is 6.42 Å². The fourth-order valence-corrected chi connectivity index (χ4v) is 0.582. The predicted octanol–water partition coefficient (Wildman–Crippen LogP) is 1.66. The van der Waals surface area contributed by atoms with Crippen LogP contribution in [0.5, 0.6) is 0 Å². The number of hydrogen-bond acceptors (Lipinski definition) is 1. The van der Waals surface area contributed by atoms with Crippen molar-refractivity contribution < 1.29 is 5.11 Å². The van der Waals surface area contributed by atoms with Crippen molar-refractivity contribution in [2.45, 2.75) is 27.2 Å². The molecule has 1 nitrogen and oxygen atoms in total. The van der Waals surface area contributed by atoms with Crippen LogP contribution in [-0.2, 0) is 0 Å². The number of hydrogen-bond donors (Lipinski definition) is 1. The summed E-state index contributed by atoms with van der Waals surface area (Å²) in [6, 6.07) is 0. The number of aliphatic hydroxyl groups is 1. The highest BCUT2D eigenvalue weighted by molar-refractivity contribution is 4.56. The lowest BCUT2D eigenvalue weighted by molar-refractivity contribution is 0.193. The van der Waals surface area contributed by atoms with E-state index in [1.54, 1.807) is 0 Å². The average molecular weight is 116 g/mol. The largest absolute Gasteiger partial charge is 0.396 e. The van der Waals surface area contributed by atoms with Gasteiger partial charge in [0.1, 0.15) is 0 Å². The molecule has 1 heteroatoms. The minimum atomic E-state index is 0.328. The van der Waals surface area contributed by atoms with Gasteiger partial charge in [-0.05, 0) is 11.8 Å². The van der Waals surface area contributed by atoms with E-state index in [9.17, 15) is 0 Å². The Labute approximate surface area is 51.7 Å². The van der Waals surface area contributed by atoms with Crippen molar-refractivity contribution >= 4 is 0 Å². The normalized spacial score (nSPS) is 18.0. The maximum atomic E-state index is 8.64. The summed E-state index contributed by atoms with van der Waals surface area (Å²) in [6.45, 7) is 6.72. The third-order valence-corrected chi connectivity index (χ3v) is 1.90. The zero-order valence-electron chi connectivity index (χ0n) is 6.02. The summed E-state index contributed by atoms with van der Waals surface area (Å²) in [4.78, 5) is 0. The quantitative estimate of drug-likeness (QED) is 0.594. The van der Waals surface area contributed by atoms with Gasteiger partial charge in [0.25, 0.3) is 0 Å². The van der Waals surface area contributed by atoms with E-state index in [1.807, 2.05) is 0 Å². The summed E-state index contributed by atoms with van der Waals surface area (Å²) in [6.07, 6.45) is 1.17. The maximum Gasteiger partial charge on any atom is 0.0459 e. The van der Waals surface area contributed by atoms with Gasteiger partial charge in [-0.3, -0.25) is 0 Å². The summed E-state index contributed by atoms with van der Waals surface area (Å²) in [5.74, 6) is 1.14. The molecular weight excluding hydrogens is 100 g/mol. The second kappa shape index (κ2) is 3.90. The van der Waals surface area contributed by atoms with Crippen LogP contribution in [0, 0.1) is 11.8 Å². The van der Waals surface area contributed by atoms with E-state index in [4.69, 9.17) is 5.11 Å². The van der Waals surface area contributed by atoms with E-state index >= 15 is 0 Å². The van der Waals surface area contributed by atoms with Gasteiger partial charge in [0.2, 0.25) is 0 Å². The fourth-order valence-electron chi connectivity index (χ4n) is 0.582. The molecular formula is C7H16O. The van der Waals surface area contributed by atoms with Gasteiger partial charge >= 0.3 is 0 Å². The first-order chi connectivity index (χ1) is 3.72. The molecule has 0 aromatic heterocycles. The molecule has 0 aliphatic carbocycles. The maximum absolute atomic E-state index is 8.64. The first-order valence-electron chi connectivity index (χ1n) is 3.33. The van der Waals surface area contributed by atoms with Crippen LogP contribution in [0.25, 0.3) is 0 Å². The SMILES string of the molecule is CC[C@H](C)[C@@H](C)CO. The van der Waals surface area contributed by atoms with Crippen LogP contribution >= 0.6 is 0 Å². The molecule has 0 spiro atoms. The van der Waals surface area contributed by atoms with Gasteiger partial charge in [0, 0.05) is 6.61 Å². The second-order valence-corrected chi connectivity index (χ2v) is 2.55. The Morgan fingerprint density at radius 1 is 1.25 bits per heavy atom. The molecule has 0 saturated heterocycles. The summed E-state index contributed by atoms with van der Waals surface area (Å²) >= 11 is 0. The van der Waals surface area contributed by atoms with Crippen molar-refractivity contribution in [3.05, 3.63) is 0 Å². The Hall–Kier alpha value is -0.0400. The van der Waals surface area contributed by atoms with Crippen molar-refractivity contribution in [3.63, 3.8) is 0 Å². The third kappa shape index (κ3) is 2.31. The molecule has 0 bridgehead atoms. The second-order valence-electron chi connectivity index (χ2n) is 2.55. The van der Waals surface area contributed by atoms with Crippen LogP contribution in [0.2, 0.25) is 0 Å². The first-order valence-corrected chi connectivity index (χ1v) is 3.33. The minimum absolute atomic E-state index is 0.328. The summed E-state index contributed by atoms with van der Waals surface area (Å²) in [5, 5.41) is 8.64. The van der Waals surface area contributed by atoms with Crippen molar-refractivity contribution in [2.24, 2.45) is 11.8 Å². The van der Waals surface area contributed by atoms with Crippen molar-refractivity contribution in [1.82, 2.24) is 0 Å². The zero-order valence-corrected chi connectivity index (χ0v) is 6.02. The third-order valence-electron chi connectivity index (χ3n) is 1.90. The van der Waals surface area contributed by atoms with E-state index in [0.29, 0.717) is 18.4 Å². The molecule has 2 atom stereocenters. The molecule has 0 fully saturated rings. The molecule has 0 heterocycles. The van der Waals surface area contributed by atoms with Crippen molar-refractivity contribution in [2.75, 3.05) is 6.61 Å².